The van der Waals surface area contributed by atoms with Crippen LogP contribution in [-0.2, 0) is 9.47 Å². The molecule has 0 aromatic carbocycles. The van der Waals surface area contributed by atoms with Crippen molar-refractivity contribution in [3.05, 3.63) is 12.2 Å². The normalized spacial score (nSPS) is 28.6. The Morgan fingerprint density at radius 1 is 1.50 bits per heavy atom. The molecule has 6 heteroatoms. The smallest absolute Gasteiger partial charge is 0.317 e. The molecule has 2 fully saturated rings. The van der Waals surface area contributed by atoms with Gasteiger partial charge in [-0.25, -0.2) is 4.79 Å². The van der Waals surface area contributed by atoms with Gasteiger partial charge in [-0.15, -0.1) is 0 Å². The van der Waals surface area contributed by atoms with E-state index < -0.39 is 0 Å². The average molecular weight is 312 g/mol. The number of hydrogen-bond donors (Lipinski definition) is 2. The molecule has 126 valence electrons. The van der Waals surface area contributed by atoms with Gasteiger partial charge in [0.25, 0.3) is 0 Å². The largest absolute Gasteiger partial charge is 0.393 e. The summed E-state index contributed by atoms with van der Waals surface area (Å²) < 4.78 is 10.9. The monoisotopic (exact) mass is 312 g/mol. The van der Waals surface area contributed by atoms with Crippen molar-refractivity contribution in [3.8, 4) is 0 Å². The second-order valence-corrected chi connectivity index (χ2v) is 6.24. The van der Waals surface area contributed by atoms with E-state index in [-0.39, 0.29) is 24.1 Å². The number of aliphatic hydroxyl groups excluding tert-OH is 1. The maximum Gasteiger partial charge on any atom is 0.317 e. The number of carbonyl (C=O) groups is 1. The van der Waals surface area contributed by atoms with E-state index >= 15 is 0 Å². The molecule has 22 heavy (non-hydrogen) atoms. The summed E-state index contributed by atoms with van der Waals surface area (Å²) in [7, 11) is 0. The van der Waals surface area contributed by atoms with Crippen molar-refractivity contribution >= 4 is 6.03 Å². The third-order valence-corrected chi connectivity index (χ3v) is 4.29. The van der Waals surface area contributed by atoms with Crippen LogP contribution in [0.4, 0.5) is 4.79 Å². The maximum atomic E-state index is 12.3. The Bertz CT molecular complexity index is 388. The first-order chi connectivity index (χ1) is 10.6. The van der Waals surface area contributed by atoms with Crippen molar-refractivity contribution in [1.29, 1.82) is 0 Å². The third kappa shape index (κ3) is 4.69. The van der Waals surface area contributed by atoms with Crippen LogP contribution in [0.2, 0.25) is 0 Å². The van der Waals surface area contributed by atoms with Crippen molar-refractivity contribution in [1.82, 2.24) is 10.2 Å². The van der Waals surface area contributed by atoms with Gasteiger partial charge < -0.3 is 24.8 Å². The van der Waals surface area contributed by atoms with Crippen molar-refractivity contribution < 1.29 is 19.4 Å². The quantitative estimate of drug-likeness (QED) is 0.570. The van der Waals surface area contributed by atoms with E-state index in [9.17, 15) is 9.90 Å². The zero-order valence-electron chi connectivity index (χ0n) is 13.4. The van der Waals surface area contributed by atoms with E-state index in [2.05, 4.69) is 11.9 Å². The van der Waals surface area contributed by atoms with Crippen molar-refractivity contribution in [3.63, 3.8) is 0 Å². The number of aliphatic hydroxyl groups is 1. The lowest BCUT2D eigenvalue weighted by Crippen LogP contribution is -2.51. The lowest BCUT2D eigenvalue weighted by atomic mass is 9.89. The predicted molar refractivity (Wildman–Crippen MR) is 83.7 cm³/mol. The molecule has 2 rings (SSSR count). The highest BCUT2D eigenvalue weighted by molar-refractivity contribution is 5.74. The molecule has 3 atom stereocenters. The highest BCUT2D eigenvalue weighted by atomic mass is 16.5. The number of carbonyl (C=O) groups excluding carboxylic acids is 1. The van der Waals surface area contributed by atoms with Gasteiger partial charge in [-0.05, 0) is 26.2 Å². The first-order valence-electron chi connectivity index (χ1n) is 8.12. The van der Waals surface area contributed by atoms with Crippen LogP contribution in [0.3, 0.4) is 0 Å². The van der Waals surface area contributed by atoms with Crippen LogP contribution in [0.15, 0.2) is 12.2 Å². The molecule has 0 bridgehead atoms. The number of likely N-dealkylation sites (tertiary alicyclic amines) is 1. The van der Waals surface area contributed by atoms with Crippen LogP contribution in [-0.4, -0.2) is 67.7 Å². The molecule has 2 N–H and O–H groups in total. The molecule has 0 saturated carbocycles. The molecule has 2 amide bonds. The minimum absolute atomic E-state index is 0.0293. The number of nitrogens with one attached hydrogen (secondary N) is 1. The molecule has 0 aliphatic carbocycles. The van der Waals surface area contributed by atoms with E-state index in [1.54, 1.807) is 0 Å². The summed E-state index contributed by atoms with van der Waals surface area (Å²) in [6.07, 6.45) is 2.20. The second kappa shape index (κ2) is 8.50. The van der Waals surface area contributed by atoms with Gasteiger partial charge >= 0.3 is 6.03 Å². The fraction of sp³-hybridized carbons (Fsp3) is 0.812. The molecule has 0 spiro atoms. The maximum absolute atomic E-state index is 12.3. The summed E-state index contributed by atoms with van der Waals surface area (Å²) in [4.78, 5) is 14.2. The molecule has 0 aromatic rings. The van der Waals surface area contributed by atoms with Gasteiger partial charge in [0.05, 0.1) is 25.9 Å². The van der Waals surface area contributed by atoms with Crippen molar-refractivity contribution in [2.45, 2.75) is 38.3 Å². The number of nitrogens with zero attached hydrogens (tertiary/aromatic N) is 1. The Morgan fingerprint density at radius 3 is 3.05 bits per heavy atom. The minimum atomic E-state index is -0.369. The van der Waals surface area contributed by atoms with Crippen molar-refractivity contribution in [2.24, 2.45) is 5.92 Å². The average Bonchev–Trinajstić information content (AvgIpc) is 2.96. The van der Waals surface area contributed by atoms with E-state index in [1.807, 2.05) is 11.8 Å². The fourth-order valence-electron chi connectivity index (χ4n) is 3.18. The highest BCUT2D eigenvalue weighted by Crippen LogP contribution is 2.29. The molecule has 0 aromatic heterocycles. The number of hydrogen-bond acceptors (Lipinski definition) is 4. The molecule has 2 aliphatic heterocycles. The van der Waals surface area contributed by atoms with Crippen LogP contribution in [0.5, 0.6) is 0 Å². The van der Waals surface area contributed by atoms with E-state index in [1.165, 1.54) is 0 Å². The SMILES string of the molecule is C=C(C)COCCNC(=O)N1CCC[C@@H]1[C@H]1COCC[C@@H]1O. The first kappa shape index (κ1) is 17.2. The first-order valence-corrected chi connectivity index (χ1v) is 8.12. The number of rotatable bonds is 6. The standard InChI is InChI=1S/C16H28N2O4/c1-12(2)10-22-9-6-17-16(20)18-7-3-4-14(18)13-11-21-8-5-15(13)19/h13-15,19H,1,3-11H2,2H3,(H,17,20)/t13-,14-,15+/m1/s1. The molecular weight excluding hydrogens is 284 g/mol. The van der Waals surface area contributed by atoms with Crippen LogP contribution in [0, 0.1) is 5.92 Å². The zero-order chi connectivity index (χ0) is 15.9. The van der Waals surface area contributed by atoms with Gasteiger partial charge in [0.2, 0.25) is 0 Å². The topological polar surface area (TPSA) is 71.0 Å². The number of urea groups is 1. The third-order valence-electron chi connectivity index (χ3n) is 4.29. The summed E-state index contributed by atoms with van der Waals surface area (Å²) in [5.41, 5.74) is 0.970. The molecule has 2 saturated heterocycles. The molecule has 0 unspecified atom stereocenters. The van der Waals surface area contributed by atoms with Gasteiger partial charge in [-0.1, -0.05) is 12.2 Å². The van der Waals surface area contributed by atoms with Gasteiger partial charge in [-0.2, -0.15) is 0 Å². The summed E-state index contributed by atoms with van der Waals surface area (Å²) >= 11 is 0. The second-order valence-electron chi connectivity index (χ2n) is 6.24. The molecular formula is C16H28N2O4. The van der Waals surface area contributed by atoms with E-state index in [0.717, 1.165) is 25.0 Å². The van der Waals surface area contributed by atoms with Gasteiger partial charge in [0.1, 0.15) is 0 Å². The number of amides is 2. The summed E-state index contributed by atoms with van der Waals surface area (Å²) in [5, 5.41) is 13.1. The molecule has 6 nitrogen and oxygen atoms in total. The van der Waals surface area contributed by atoms with Crippen LogP contribution >= 0.6 is 0 Å². The van der Waals surface area contributed by atoms with Crippen LogP contribution in [0.1, 0.15) is 26.2 Å². The minimum Gasteiger partial charge on any atom is -0.393 e. The number of ether oxygens (including phenoxy) is 2. The fourth-order valence-corrected chi connectivity index (χ4v) is 3.18. The molecule has 0 radical (unpaired) electrons. The van der Waals surface area contributed by atoms with E-state index in [4.69, 9.17) is 9.47 Å². The van der Waals surface area contributed by atoms with Gasteiger partial charge in [-0.3, -0.25) is 0 Å². The lowest BCUT2D eigenvalue weighted by Gasteiger charge is -2.36. The lowest BCUT2D eigenvalue weighted by molar-refractivity contribution is -0.0576. The van der Waals surface area contributed by atoms with Gasteiger partial charge in [0.15, 0.2) is 0 Å². The highest BCUT2D eigenvalue weighted by Gasteiger charge is 2.39. The molecule has 2 aliphatic rings. The summed E-state index contributed by atoms with van der Waals surface area (Å²) in [5.74, 6) is 0.0293. The predicted octanol–water partition coefficient (Wildman–Crippen LogP) is 1.15. The zero-order valence-corrected chi connectivity index (χ0v) is 13.4. The Kier molecular flexibility index (Phi) is 6.67. The summed E-state index contributed by atoms with van der Waals surface area (Å²) in [6, 6.07) is 0.00540. The van der Waals surface area contributed by atoms with Crippen molar-refractivity contribution in [2.75, 3.05) is 39.5 Å². The summed E-state index contributed by atoms with van der Waals surface area (Å²) in [6.45, 7) is 9.05. The van der Waals surface area contributed by atoms with Gasteiger partial charge in [0, 0.05) is 31.7 Å². The van der Waals surface area contributed by atoms with E-state index in [0.29, 0.717) is 39.4 Å². The van der Waals surface area contributed by atoms with Crippen LogP contribution < -0.4 is 5.32 Å². The Labute approximate surface area is 132 Å². The Morgan fingerprint density at radius 2 is 2.32 bits per heavy atom. The van der Waals surface area contributed by atoms with Crippen LogP contribution in [0.25, 0.3) is 0 Å². The molecule has 2 heterocycles. The Balaban J connectivity index is 1.77. The Hall–Kier alpha value is -1.11.